The van der Waals surface area contributed by atoms with E-state index in [0.29, 0.717) is 13.2 Å². The zero-order valence-electron chi connectivity index (χ0n) is 16.2. The van der Waals surface area contributed by atoms with Crippen molar-refractivity contribution in [1.82, 2.24) is 9.80 Å². The molecule has 0 amide bonds. The van der Waals surface area contributed by atoms with Crippen LogP contribution in [0.5, 0.6) is 5.75 Å². The molecule has 1 heterocycles. The van der Waals surface area contributed by atoms with Gasteiger partial charge in [-0.25, -0.2) is 0 Å². The van der Waals surface area contributed by atoms with Crippen molar-refractivity contribution in [3.05, 3.63) is 64.2 Å². The summed E-state index contributed by atoms with van der Waals surface area (Å²) in [6.07, 6.45) is -0.498. The quantitative estimate of drug-likeness (QED) is 0.787. The van der Waals surface area contributed by atoms with Crippen LogP contribution in [0.4, 0.5) is 0 Å². The molecule has 3 rings (SSSR count). The van der Waals surface area contributed by atoms with E-state index >= 15 is 0 Å². The standard InChI is InChI=1S/C22H29ClN2O2/c1-17-12-21(13-18(2)22(17)23)27-16-20(26)15-25-10-8-24(9-11-25)14-19-6-4-3-5-7-19/h3-7,12-13,20,26H,8-11,14-16H2,1-2H3/t20-/m0/s1. The van der Waals surface area contributed by atoms with Crippen molar-refractivity contribution in [2.75, 3.05) is 39.3 Å². The van der Waals surface area contributed by atoms with Gasteiger partial charge in [0.05, 0.1) is 0 Å². The van der Waals surface area contributed by atoms with Crippen LogP contribution in [0.2, 0.25) is 5.02 Å². The van der Waals surface area contributed by atoms with Crippen molar-refractivity contribution in [2.45, 2.75) is 26.5 Å². The molecule has 0 radical (unpaired) electrons. The predicted molar refractivity (Wildman–Crippen MR) is 111 cm³/mol. The number of halogens is 1. The normalized spacial score (nSPS) is 17.0. The Bertz CT molecular complexity index is 707. The Labute approximate surface area is 167 Å². The molecule has 0 saturated carbocycles. The summed E-state index contributed by atoms with van der Waals surface area (Å²) in [5.41, 5.74) is 3.35. The molecule has 0 aromatic heterocycles. The third kappa shape index (κ3) is 5.94. The lowest BCUT2D eigenvalue weighted by Crippen LogP contribution is -2.48. The van der Waals surface area contributed by atoms with Crippen LogP contribution in [0.25, 0.3) is 0 Å². The van der Waals surface area contributed by atoms with E-state index in [1.165, 1.54) is 5.56 Å². The van der Waals surface area contributed by atoms with Crippen molar-refractivity contribution >= 4 is 11.6 Å². The third-order valence-electron chi connectivity index (χ3n) is 5.04. The zero-order valence-corrected chi connectivity index (χ0v) is 17.0. The highest BCUT2D eigenvalue weighted by molar-refractivity contribution is 6.32. The van der Waals surface area contributed by atoms with Gasteiger partial charge in [-0.3, -0.25) is 9.80 Å². The summed E-state index contributed by atoms with van der Waals surface area (Å²) in [4.78, 5) is 4.78. The van der Waals surface area contributed by atoms with Gasteiger partial charge >= 0.3 is 0 Å². The van der Waals surface area contributed by atoms with E-state index in [-0.39, 0.29) is 0 Å². The fraction of sp³-hybridized carbons (Fsp3) is 0.455. The molecule has 1 saturated heterocycles. The van der Waals surface area contributed by atoms with Gasteiger partial charge in [0.2, 0.25) is 0 Å². The van der Waals surface area contributed by atoms with Crippen molar-refractivity contribution in [1.29, 1.82) is 0 Å². The van der Waals surface area contributed by atoms with Crippen LogP contribution in [0.3, 0.4) is 0 Å². The van der Waals surface area contributed by atoms with Gasteiger partial charge in [0, 0.05) is 44.3 Å². The molecule has 1 atom stereocenters. The SMILES string of the molecule is Cc1cc(OC[C@@H](O)CN2CCN(Cc3ccccc3)CC2)cc(C)c1Cl. The summed E-state index contributed by atoms with van der Waals surface area (Å²) in [5.74, 6) is 0.765. The van der Waals surface area contributed by atoms with Crippen molar-refractivity contribution < 1.29 is 9.84 Å². The summed E-state index contributed by atoms with van der Waals surface area (Å²) in [5, 5.41) is 11.1. The lowest BCUT2D eigenvalue weighted by atomic mass is 10.1. The van der Waals surface area contributed by atoms with E-state index in [4.69, 9.17) is 16.3 Å². The van der Waals surface area contributed by atoms with E-state index in [2.05, 4.69) is 40.1 Å². The van der Waals surface area contributed by atoms with Crippen LogP contribution >= 0.6 is 11.6 Å². The van der Waals surface area contributed by atoms with Gasteiger partial charge in [-0.15, -0.1) is 0 Å². The van der Waals surface area contributed by atoms with Gasteiger partial charge in [-0.2, -0.15) is 0 Å². The smallest absolute Gasteiger partial charge is 0.120 e. The summed E-state index contributed by atoms with van der Waals surface area (Å²) in [6, 6.07) is 14.4. The van der Waals surface area contributed by atoms with Gasteiger partial charge in [0.1, 0.15) is 18.5 Å². The number of hydrogen-bond acceptors (Lipinski definition) is 4. The summed E-state index contributed by atoms with van der Waals surface area (Å²) < 4.78 is 5.78. The molecule has 1 aliphatic heterocycles. The van der Waals surface area contributed by atoms with Crippen LogP contribution in [-0.2, 0) is 6.54 Å². The van der Waals surface area contributed by atoms with Crippen LogP contribution in [0.15, 0.2) is 42.5 Å². The van der Waals surface area contributed by atoms with Crippen molar-refractivity contribution in [2.24, 2.45) is 0 Å². The van der Waals surface area contributed by atoms with Gasteiger partial charge in [0.15, 0.2) is 0 Å². The highest BCUT2D eigenvalue weighted by atomic mass is 35.5. The summed E-state index contributed by atoms with van der Waals surface area (Å²) in [6.45, 7) is 9.87. The Kier molecular flexibility index (Phi) is 7.13. The lowest BCUT2D eigenvalue weighted by molar-refractivity contribution is 0.0446. The minimum atomic E-state index is -0.498. The van der Waals surface area contributed by atoms with E-state index in [1.807, 2.05) is 26.0 Å². The van der Waals surface area contributed by atoms with E-state index in [0.717, 1.165) is 54.6 Å². The Hall–Kier alpha value is -1.59. The first-order valence-electron chi connectivity index (χ1n) is 9.57. The molecule has 0 spiro atoms. The number of aliphatic hydroxyl groups excluding tert-OH is 1. The Morgan fingerprint density at radius 2 is 1.59 bits per heavy atom. The number of β-amino-alcohol motifs (C(OH)–C–C–N with tert-alkyl or cyclic N) is 1. The molecule has 1 fully saturated rings. The lowest BCUT2D eigenvalue weighted by Gasteiger charge is -2.35. The molecule has 0 unspecified atom stereocenters. The molecule has 4 nitrogen and oxygen atoms in total. The maximum atomic E-state index is 10.4. The molecule has 5 heteroatoms. The average molecular weight is 389 g/mol. The second-order valence-corrected chi connectivity index (χ2v) is 7.78. The third-order valence-corrected chi connectivity index (χ3v) is 5.63. The van der Waals surface area contributed by atoms with Gasteiger partial charge in [-0.05, 0) is 42.7 Å². The van der Waals surface area contributed by atoms with Crippen LogP contribution < -0.4 is 4.74 Å². The molecule has 2 aromatic rings. The summed E-state index contributed by atoms with van der Waals surface area (Å²) >= 11 is 6.19. The zero-order chi connectivity index (χ0) is 19.2. The highest BCUT2D eigenvalue weighted by Crippen LogP contribution is 2.25. The number of ether oxygens (including phenoxy) is 1. The molecule has 0 bridgehead atoms. The second kappa shape index (κ2) is 9.56. The van der Waals surface area contributed by atoms with Crippen molar-refractivity contribution in [3.8, 4) is 5.75 Å². The maximum absolute atomic E-state index is 10.4. The van der Waals surface area contributed by atoms with Crippen molar-refractivity contribution in [3.63, 3.8) is 0 Å². The molecule has 146 valence electrons. The van der Waals surface area contributed by atoms with E-state index in [9.17, 15) is 5.11 Å². The maximum Gasteiger partial charge on any atom is 0.120 e. The fourth-order valence-electron chi connectivity index (χ4n) is 3.50. The molecular formula is C22H29ClN2O2. The molecule has 2 aromatic carbocycles. The van der Waals surface area contributed by atoms with E-state index in [1.54, 1.807) is 0 Å². The van der Waals surface area contributed by atoms with E-state index < -0.39 is 6.10 Å². The topological polar surface area (TPSA) is 35.9 Å². The molecule has 27 heavy (non-hydrogen) atoms. The predicted octanol–water partition coefficient (Wildman–Crippen LogP) is 3.51. The first kappa shape index (κ1) is 20.2. The van der Waals surface area contributed by atoms with Crippen LogP contribution in [-0.4, -0.2) is 60.3 Å². The minimum absolute atomic E-state index is 0.296. The molecular weight excluding hydrogens is 360 g/mol. The monoisotopic (exact) mass is 388 g/mol. The minimum Gasteiger partial charge on any atom is -0.491 e. The number of aryl methyl sites for hydroxylation is 2. The number of aliphatic hydroxyl groups is 1. The Morgan fingerprint density at radius 3 is 2.22 bits per heavy atom. The summed E-state index contributed by atoms with van der Waals surface area (Å²) in [7, 11) is 0. The fourth-order valence-corrected chi connectivity index (χ4v) is 3.61. The molecule has 0 aliphatic carbocycles. The average Bonchev–Trinajstić information content (AvgIpc) is 2.67. The largest absolute Gasteiger partial charge is 0.491 e. The Balaban J connectivity index is 1.40. The number of hydrogen-bond donors (Lipinski definition) is 1. The number of rotatable bonds is 7. The van der Waals surface area contributed by atoms with Crippen LogP contribution in [0, 0.1) is 13.8 Å². The molecule has 1 aliphatic rings. The van der Waals surface area contributed by atoms with Gasteiger partial charge in [-0.1, -0.05) is 41.9 Å². The first-order valence-corrected chi connectivity index (χ1v) is 9.95. The van der Waals surface area contributed by atoms with Crippen LogP contribution in [0.1, 0.15) is 16.7 Å². The van der Waals surface area contributed by atoms with Gasteiger partial charge < -0.3 is 9.84 Å². The van der Waals surface area contributed by atoms with Gasteiger partial charge in [0.25, 0.3) is 0 Å². The number of benzene rings is 2. The Morgan fingerprint density at radius 1 is 1.00 bits per heavy atom. The number of nitrogens with zero attached hydrogens (tertiary/aromatic N) is 2. The second-order valence-electron chi connectivity index (χ2n) is 7.40. The highest BCUT2D eigenvalue weighted by Gasteiger charge is 2.19. The number of piperazine rings is 1. The first-order chi connectivity index (χ1) is 13.0. The molecule has 1 N–H and O–H groups in total.